The maximum absolute atomic E-state index is 12.7. The topological polar surface area (TPSA) is 82.1 Å². The van der Waals surface area contributed by atoms with Gasteiger partial charge in [-0.3, -0.25) is 14.4 Å². The molecule has 0 aromatic rings. The molecule has 0 amide bonds. The van der Waals surface area contributed by atoms with Crippen LogP contribution in [0.4, 0.5) is 0 Å². The van der Waals surface area contributed by atoms with Gasteiger partial charge >= 0.3 is 17.9 Å². The van der Waals surface area contributed by atoms with Crippen molar-refractivity contribution in [3.63, 3.8) is 0 Å². The summed E-state index contributed by atoms with van der Waals surface area (Å²) in [5.41, 5.74) is 0. The van der Waals surface area contributed by atoms with Crippen LogP contribution in [-0.2, 0) is 28.6 Å². The van der Waals surface area contributed by atoms with E-state index in [4.69, 9.17) is 14.2 Å². The lowest BCUT2D eigenvalue weighted by molar-refractivity contribution is -0.150. The molecule has 3 unspecified atom stereocenters. The molecule has 72 heavy (non-hydrogen) atoms. The molecule has 428 valence electrons. The molecule has 0 fully saturated rings. The van der Waals surface area contributed by atoms with Gasteiger partial charge in [0.2, 0.25) is 0 Å². The molecule has 0 bridgehead atoms. The molecule has 0 N–H and O–H groups in total. The first-order valence-corrected chi connectivity index (χ1v) is 32.4. The molecule has 0 radical (unpaired) electrons. The summed E-state index contributed by atoms with van der Waals surface area (Å²) in [6.45, 7) is 11.3. The van der Waals surface area contributed by atoms with E-state index in [-0.39, 0.29) is 24.0 Å². The minimum atomic E-state index is -0.0173. The van der Waals surface area contributed by atoms with Gasteiger partial charge in [0.15, 0.2) is 0 Å². The number of nitrogens with zero attached hydrogens (tertiary/aromatic N) is 1. The fourth-order valence-electron chi connectivity index (χ4n) is 10.5. The van der Waals surface area contributed by atoms with Crippen LogP contribution in [0.3, 0.4) is 0 Å². The summed E-state index contributed by atoms with van der Waals surface area (Å²) in [6.07, 6.45) is 59.8. The van der Waals surface area contributed by atoms with Gasteiger partial charge < -0.3 is 19.1 Å². The molecular formula is C65H127NO6. The fourth-order valence-corrected chi connectivity index (χ4v) is 10.5. The van der Waals surface area contributed by atoms with Gasteiger partial charge in [0.25, 0.3) is 0 Å². The number of hydrogen-bond donors (Lipinski definition) is 0. The Morgan fingerprint density at radius 1 is 0.306 bits per heavy atom. The Morgan fingerprint density at radius 2 is 0.556 bits per heavy atom. The lowest BCUT2D eigenvalue weighted by atomic mass is 9.95. The molecule has 3 atom stereocenters. The van der Waals surface area contributed by atoms with Crippen molar-refractivity contribution in [2.45, 2.75) is 355 Å². The van der Waals surface area contributed by atoms with Gasteiger partial charge in [-0.2, -0.15) is 0 Å². The van der Waals surface area contributed by atoms with E-state index in [0.717, 1.165) is 64.3 Å². The summed E-state index contributed by atoms with van der Waals surface area (Å²) in [5, 5.41) is 0. The number of rotatable bonds is 59. The lowest BCUT2D eigenvalue weighted by Crippen LogP contribution is -2.20. The average Bonchev–Trinajstić information content (AvgIpc) is 3.36. The summed E-state index contributed by atoms with van der Waals surface area (Å²) in [4.78, 5) is 40.0. The van der Waals surface area contributed by atoms with Crippen LogP contribution in [-0.4, -0.2) is 62.8 Å². The molecule has 0 heterocycles. The Kier molecular flexibility index (Phi) is 55.8. The highest BCUT2D eigenvalue weighted by molar-refractivity contribution is 5.70. The Balaban J connectivity index is 4.19. The quantitative estimate of drug-likeness (QED) is 0.0341. The van der Waals surface area contributed by atoms with Crippen molar-refractivity contribution in [3.05, 3.63) is 0 Å². The molecule has 0 rings (SSSR count). The lowest BCUT2D eigenvalue weighted by Gasteiger charge is -2.18. The number of esters is 3. The van der Waals surface area contributed by atoms with Crippen LogP contribution in [0.5, 0.6) is 0 Å². The third kappa shape index (κ3) is 53.2. The molecule has 7 heteroatoms. The number of unbranched alkanes of at least 4 members (excludes halogenated alkanes) is 34. The van der Waals surface area contributed by atoms with E-state index in [1.807, 2.05) is 0 Å². The Bertz CT molecular complexity index is 1130. The van der Waals surface area contributed by atoms with E-state index in [9.17, 15) is 14.4 Å². The molecule has 0 saturated heterocycles. The van der Waals surface area contributed by atoms with Crippen LogP contribution in [0.25, 0.3) is 0 Å². The number of carbonyl (C=O) groups is 3. The van der Waals surface area contributed by atoms with Crippen LogP contribution < -0.4 is 0 Å². The van der Waals surface area contributed by atoms with Crippen LogP contribution >= 0.6 is 0 Å². The normalized spacial score (nSPS) is 12.9. The zero-order valence-corrected chi connectivity index (χ0v) is 49.6. The van der Waals surface area contributed by atoms with Crippen molar-refractivity contribution in [2.75, 3.05) is 33.9 Å². The largest absolute Gasteiger partial charge is 0.465 e. The highest BCUT2D eigenvalue weighted by Crippen LogP contribution is 2.23. The first-order chi connectivity index (χ1) is 35.2. The maximum atomic E-state index is 12.7. The van der Waals surface area contributed by atoms with Crippen molar-refractivity contribution in [3.8, 4) is 0 Å². The highest BCUT2D eigenvalue weighted by Gasteiger charge is 2.16. The Labute approximate surface area is 450 Å². The van der Waals surface area contributed by atoms with Crippen molar-refractivity contribution < 1.29 is 28.6 Å². The van der Waals surface area contributed by atoms with Crippen LogP contribution in [0.2, 0.25) is 0 Å². The Morgan fingerprint density at radius 3 is 0.861 bits per heavy atom. The van der Waals surface area contributed by atoms with Gasteiger partial charge in [0.05, 0.1) is 13.2 Å². The average molecular weight is 1020 g/mol. The summed E-state index contributed by atoms with van der Waals surface area (Å²) >= 11 is 0. The van der Waals surface area contributed by atoms with Gasteiger partial charge in [-0.15, -0.1) is 0 Å². The number of hydrogen-bond acceptors (Lipinski definition) is 7. The van der Waals surface area contributed by atoms with Gasteiger partial charge in [-0.05, 0) is 103 Å². The molecule has 0 spiro atoms. The third-order valence-corrected chi connectivity index (χ3v) is 15.4. The van der Waals surface area contributed by atoms with Crippen molar-refractivity contribution in [1.29, 1.82) is 0 Å². The van der Waals surface area contributed by atoms with Crippen molar-refractivity contribution in [2.24, 2.45) is 11.8 Å². The number of carbonyl (C=O) groups excluding carboxylic acids is 3. The van der Waals surface area contributed by atoms with E-state index >= 15 is 0 Å². The zero-order valence-electron chi connectivity index (χ0n) is 49.6. The number of ether oxygens (including phenoxy) is 3. The highest BCUT2D eigenvalue weighted by atomic mass is 16.5. The molecule has 0 aliphatic heterocycles. The first-order valence-electron chi connectivity index (χ1n) is 32.4. The minimum absolute atomic E-state index is 0.0143. The van der Waals surface area contributed by atoms with Crippen molar-refractivity contribution >= 4 is 17.9 Å². The second-order valence-electron chi connectivity index (χ2n) is 23.1. The second-order valence-corrected chi connectivity index (χ2v) is 23.1. The van der Waals surface area contributed by atoms with Crippen LogP contribution in [0, 0.1) is 11.8 Å². The zero-order chi connectivity index (χ0) is 52.6. The predicted octanol–water partition coefficient (Wildman–Crippen LogP) is 20.4. The molecule has 0 aliphatic rings. The molecule has 7 nitrogen and oxygen atoms in total. The summed E-state index contributed by atoms with van der Waals surface area (Å²) in [6, 6.07) is 0. The molecule has 0 aromatic heterocycles. The maximum Gasteiger partial charge on any atom is 0.306 e. The fraction of sp³-hybridized carbons (Fsp3) is 0.954. The van der Waals surface area contributed by atoms with Crippen molar-refractivity contribution in [1.82, 2.24) is 4.90 Å². The molecular weight excluding hydrogens is 891 g/mol. The van der Waals surface area contributed by atoms with Gasteiger partial charge in [-0.25, -0.2) is 0 Å². The standard InChI is InChI=1S/C65H127NO6/c1-7-11-15-19-33-41-50-60(48-39-17-13-9-3)58-70-63(67)54-45-37-31-27-23-21-22-25-29-35-43-52-62(72-65(69)56-47-57-66(5)6)53-44-36-30-26-24-28-32-38-46-55-64(68)71-59-61(49-40-18-14-10-4)51-42-34-20-16-12-8-2/h60-62H,7-59H2,1-6H3. The summed E-state index contributed by atoms with van der Waals surface area (Å²) in [7, 11) is 4.11. The molecule has 0 aromatic carbocycles. The smallest absolute Gasteiger partial charge is 0.306 e. The summed E-state index contributed by atoms with van der Waals surface area (Å²) in [5.74, 6) is 1.10. The second kappa shape index (κ2) is 57.1. The first kappa shape index (κ1) is 70.4. The van der Waals surface area contributed by atoms with E-state index in [0.29, 0.717) is 44.3 Å². The Hall–Kier alpha value is -1.63. The van der Waals surface area contributed by atoms with Gasteiger partial charge in [0.1, 0.15) is 6.10 Å². The summed E-state index contributed by atoms with van der Waals surface area (Å²) < 4.78 is 17.7. The minimum Gasteiger partial charge on any atom is -0.465 e. The SMILES string of the molecule is CCCCCCCCC(CCCCCC)COC(=O)CCCCCCCCCCCCCC(CCCCCCCCCCCC(=O)OCC(CCCCCC)CCCCCCCC)OC(=O)CCCN(C)C. The molecule has 0 aliphatic carbocycles. The van der Waals surface area contributed by atoms with E-state index in [2.05, 4.69) is 46.7 Å². The third-order valence-electron chi connectivity index (χ3n) is 15.4. The van der Waals surface area contributed by atoms with Gasteiger partial charge in [0, 0.05) is 19.3 Å². The van der Waals surface area contributed by atoms with Crippen LogP contribution in [0.15, 0.2) is 0 Å². The van der Waals surface area contributed by atoms with E-state index in [1.165, 1.54) is 244 Å². The monoisotopic (exact) mass is 1020 g/mol. The van der Waals surface area contributed by atoms with E-state index in [1.54, 1.807) is 0 Å². The predicted molar refractivity (Wildman–Crippen MR) is 311 cm³/mol. The van der Waals surface area contributed by atoms with E-state index < -0.39 is 0 Å². The van der Waals surface area contributed by atoms with Crippen LogP contribution in [0.1, 0.15) is 349 Å². The van der Waals surface area contributed by atoms with Gasteiger partial charge in [-0.1, -0.05) is 259 Å². The molecule has 0 saturated carbocycles.